The number of alkyl halides is 3. The number of carbonyl (C=O) groups is 2. The van der Waals surface area contributed by atoms with Crippen LogP contribution in [0.25, 0.3) is 0 Å². The molecule has 30 heavy (non-hydrogen) atoms. The summed E-state index contributed by atoms with van der Waals surface area (Å²) in [5, 5.41) is 5.29. The van der Waals surface area contributed by atoms with Crippen molar-refractivity contribution in [1.29, 1.82) is 0 Å². The van der Waals surface area contributed by atoms with Crippen molar-refractivity contribution in [2.24, 2.45) is 5.92 Å². The smallest absolute Gasteiger partial charge is 0.355 e. The number of anilines is 2. The normalized spacial score (nSPS) is 15.0. The molecule has 1 aliphatic rings. The first-order valence-corrected chi connectivity index (χ1v) is 9.67. The zero-order chi connectivity index (χ0) is 21.9. The quantitative estimate of drug-likeness (QED) is 0.754. The summed E-state index contributed by atoms with van der Waals surface area (Å²) in [6, 6.07) is 7.42. The standard InChI is InChI=1S/C20H20ClF3N4O2/c1-25-18(29)12-2-4-15(5-3-12)27-19(30)13-6-8-28(9-7-13)17-16(21)10-14(11-26-17)20(22,23)24/h2-5,10-11,13H,6-9H2,1H3,(H,25,29)(H,27,30). The molecule has 0 aliphatic carbocycles. The van der Waals surface area contributed by atoms with Gasteiger partial charge in [0, 0.05) is 43.5 Å². The summed E-state index contributed by atoms with van der Waals surface area (Å²) in [4.78, 5) is 29.8. The van der Waals surface area contributed by atoms with Crippen LogP contribution in [0.5, 0.6) is 0 Å². The molecule has 1 aromatic heterocycles. The maximum Gasteiger partial charge on any atom is 0.417 e. The minimum atomic E-state index is -4.50. The number of halogens is 4. The highest BCUT2D eigenvalue weighted by Gasteiger charge is 2.33. The van der Waals surface area contributed by atoms with Gasteiger partial charge in [-0.1, -0.05) is 11.6 Å². The number of hydrogen-bond donors (Lipinski definition) is 2. The van der Waals surface area contributed by atoms with Gasteiger partial charge in [-0.3, -0.25) is 9.59 Å². The highest BCUT2D eigenvalue weighted by Crippen LogP contribution is 2.34. The fourth-order valence-corrected chi connectivity index (χ4v) is 3.55. The van der Waals surface area contributed by atoms with E-state index in [0.717, 1.165) is 12.3 Å². The third kappa shape index (κ3) is 5.02. The molecule has 3 rings (SSSR count). The Bertz CT molecular complexity index is 927. The molecule has 160 valence electrons. The van der Waals surface area contributed by atoms with Crippen molar-refractivity contribution in [2.45, 2.75) is 19.0 Å². The first-order valence-electron chi connectivity index (χ1n) is 9.29. The second kappa shape index (κ2) is 8.91. The van der Waals surface area contributed by atoms with Gasteiger partial charge in [-0.05, 0) is 43.2 Å². The summed E-state index contributed by atoms with van der Waals surface area (Å²) in [6.07, 6.45) is -2.70. The van der Waals surface area contributed by atoms with Crippen LogP contribution < -0.4 is 15.5 Å². The number of aromatic nitrogens is 1. The Labute approximate surface area is 176 Å². The summed E-state index contributed by atoms with van der Waals surface area (Å²) < 4.78 is 38.3. The fourth-order valence-electron chi connectivity index (χ4n) is 3.27. The number of rotatable bonds is 4. The van der Waals surface area contributed by atoms with Gasteiger partial charge >= 0.3 is 6.18 Å². The summed E-state index contributed by atoms with van der Waals surface area (Å²) in [5.74, 6) is -0.314. The topological polar surface area (TPSA) is 74.3 Å². The predicted octanol–water partition coefficient (Wildman–Crippen LogP) is 3.97. The van der Waals surface area contributed by atoms with Gasteiger partial charge in [-0.25, -0.2) is 4.98 Å². The lowest BCUT2D eigenvalue weighted by Gasteiger charge is -2.32. The number of nitrogens with one attached hydrogen (secondary N) is 2. The van der Waals surface area contributed by atoms with Gasteiger partial charge in [0.25, 0.3) is 5.91 Å². The van der Waals surface area contributed by atoms with Crippen molar-refractivity contribution in [1.82, 2.24) is 10.3 Å². The van der Waals surface area contributed by atoms with Gasteiger partial charge < -0.3 is 15.5 Å². The second-order valence-corrected chi connectivity index (χ2v) is 7.34. The lowest BCUT2D eigenvalue weighted by molar-refractivity contribution is -0.137. The summed E-state index contributed by atoms with van der Waals surface area (Å²) >= 11 is 6.01. The Morgan fingerprint density at radius 1 is 1.17 bits per heavy atom. The molecule has 1 saturated heterocycles. The van der Waals surface area contributed by atoms with Crippen molar-refractivity contribution in [3.8, 4) is 0 Å². The molecular weight excluding hydrogens is 421 g/mol. The maximum atomic E-state index is 12.8. The van der Waals surface area contributed by atoms with Crippen LogP contribution in [-0.4, -0.2) is 36.9 Å². The number of carbonyl (C=O) groups excluding carboxylic acids is 2. The molecule has 0 bridgehead atoms. The van der Waals surface area contributed by atoms with E-state index in [9.17, 15) is 22.8 Å². The Hall–Kier alpha value is -2.81. The molecule has 1 aliphatic heterocycles. The highest BCUT2D eigenvalue weighted by molar-refractivity contribution is 6.33. The largest absolute Gasteiger partial charge is 0.417 e. The van der Waals surface area contributed by atoms with Gasteiger partial charge in [0.2, 0.25) is 5.91 Å². The highest BCUT2D eigenvalue weighted by atomic mass is 35.5. The van der Waals surface area contributed by atoms with E-state index in [-0.39, 0.29) is 28.6 Å². The molecular formula is C20H20ClF3N4O2. The van der Waals surface area contributed by atoms with Gasteiger partial charge in [0.1, 0.15) is 5.82 Å². The van der Waals surface area contributed by atoms with Crippen LogP contribution in [0.3, 0.4) is 0 Å². The van der Waals surface area contributed by atoms with E-state index in [1.54, 1.807) is 29.2 Å². The van der Waals surface area contributed by atoms with Crippen molar-refractivity contribution < 1.29 is 22.8 Å². The Morgan fingerprint density at radius 3 is 2.33 bits per heavy atom. The van der Waals surface area contributed by atoms with E-state index in [1.807, 2.05) is 0 Å². The number of nitrogens with zero attached hydrogens (tertiary/aromatic N) is 2. The minimum Gasteiger partial charge on any atom is -0.355 e. The fraction of sp³-hybridized carbons (Fsp3) is 0.350. The van der Waals surface area contributed by atoms with E-state index in [2.05, 4.69) is 15.6 Å². The molecule has 0 radical (unpaired) electrons. The van der Waals surface area contributed by atoms with Crippen LogP contribution >= 0.6 is 11.6 Å². The number of hydrogen-bond acceptors (Lipinski definition) is 4. The predicted molar refractivity (Wildman–Crippen MR) is 108 cm³/mol. The van der Waals surface area contributed by atoms with E-state index in [4.69, 9.17) is 11.6 Å². The lowest BCUT2D eigenvalue weighted by atomic mass is 9.95. The van der Waals surface area contributed by atoms with E-state index < -0.39 is 11.7 Å². The van der Waals surface area contributed by atoms with Crippen molar-refractivity contribution in [3.63, 3.8) is 0 Å². The van der Waals surface area contributed by atoms with E-state index in [1.165, 1.54) is 7.05 Å². The van der Waals surface area contributed by atoms with Crippen LogP contribution in [0, 0.1) is 5.92 Å². The van der Waals surface area contributed by atoms with E-state index in [0.29, 0.717) is 37.2 Å². The Kier molecular flexibility index (Phi) is 6.50. The molecule has 0 spiro atoms. The maximum absolute atomic E-state index is 12.8. The molecule has 2 aromatic rings. The molecule has 2 N–H and O–H groups in total. The van der Waals surface area contributed by atoms with Crippen LogP contribution in [0.15, 0.2) is 36.5 Å². The van der Waals surface area contributed by atoms with Gasteiger partial charge in [0.15, 0.2) is 0 Å². The molecule has 2 amide bonds. The molecule has 0 saturated carbocycles. The van der Waals surface area contributed by atoms with Crippen LogP contribution in [0.1, 0.15) is 28.8 Å². The number of amides is 2. The zero-order valence-corrected chi connectivity index (χ0v) is 16.8. The first kappa shape index (κ1) is 21.9. The minimum absolute atomic E-state index is 0.0658. The molecule has 0 unspecified atom stereocenters. The second-order valence-electron chi connectivity index (χ2n) is 6.93. The third-order valence-electron chi connectivity index (χ3n) is 4.96. The van der Waals surface area contributed by atoms with Gasteiger partial charge in [-0.2, -0.15) is 13.2 Å². The van der Waals surface area contributed by atoms with Gasteiger partial charge in [-0.15, -0.1) is 0 Å². The van der Waals surface area contributed by atoms with Crippen LogP contribution in [0.4, 0.5) is 24.7 Å². The zero-order valence-electron chi connectivity index (χ0n) is 16.1. The summed E-state index contributed by atoms with van der Waals surface area (Å²) in [5.41, 5.74) is 0.181. The molecule has 1 aromatic carbocycles. The average Bonchev–Trinajstić information content (AvgIpc) is 2.73. The first-order chi connectivity index (χ1) is 14.2. The number of benzene rings is 1. The Balaban J connectivity index is 1.57. The molecule has 2 heterocycles. The summed E-state index contributed by atoms with van der Waals surface area (Å²) in [6.45, 7) is 0.900. The third-order valence-corrected chi connectivity index (χ3v) is 5.23. The van der Waals surface area contributed by atoms with E-state index >= 15 is 0 Å². The number of pyridine rings is 1. The number of piperidine rings is 1. The molecule has 6 nitrogen and oxygen atoms in total. The summed E-state index contributed by atoms with van der Waals surface area (Å²) in [7, 11) is 1.54. The van der Waals surface area contributed by atoms with Crippen molar-refractivity contribution in [2.75, 3.05) is 30.4 Å². The van der Waals surface area contributed by atoms with Crippen LogP contribution in [0.2, 0.25) is 5.02 Å². The monoisotopic (exact) mass is 440 g/mol. The average molecular weight is 441 g/mol. The molecule has 1 fully saturated rings. The lowest BCUT2D eigenvalue weighted by Crippen LogP contribution is -2.38. The molecule has 10 heteroatoms. The SMILES string of the molecule is CNC(=O)c1ccc(NC(=O)C2CCN(c3ncc(C(F)(F)F)cc3Cl)CC2)cc1. The molecule has 0 atom stereocenters. The van der Waals surface area contributed by atoms with Crippen molar-refractivity contribution in [3.05, 3.63) is 52.7 Å². The Morgan fingerprint density at radius 2 is 1.80 bits per heavy atom. The van der Waals surface area contributed by atoms with Crippen LogP contribution in [-0.2, 0) is 11.0 Å². The van der Waals surface area contributed by atoms with Crippen molar-refractivity contribution >= 4 is 34.9 Å². The van der Waals surface area contributed by atoms with Gasteiger partial charge in [0.05, 0.1) is 10.6 Å².